The van der Waals surface area contributed by atoms with E-state index >= 15 is 0 Å². The Hall–Kier alpha value is -3.00. The van der Waals surface area contributed by atoms with Gasteiger partial charge in [0.2, 0.25) is 0 Å². The van der Waals surface area contributed by atoms with Gasteiger partial charge in [0.25, 0.3) is 5.91 Å². The van der Waals surface area contributed by atoms with Crippen LogP contribution in [0.4, 0.5) is 0 Å². The molecule has 2 aromatic heterocycles. The molecule has 3 rings (SSSR count). The molecule has 0 saturated heterocycles. The van der Waals surface area contributed by atoms with Gasteiger partial charge in [-0.2, -0.15) is 5.10 Å². The van der Waals surface area contributed by atoms with Crippen molar-refractivity contribution in [2.45, 2.75) is 38.6 Å². The Balaban J connectivity index is 1.73. The molecule has 0 fully saturated rings. The van der Waals surface area contributed by atoms with Crippen molar-refractivity contribution in [1.29, 1.82) is 0 Å². The lowest BCUT2D eigenvalue weighted by Crippen LogP contribution is -2.25. The lowest BCUT2D eigenvalue weighted by atomic mass is 10.2. The van der Waals surface area contributed by atoms with Crippen molar-refractivity contribution in [3.8, 4) is 5.82 Å². The van der Waals surface area contributed by atoms with Crippen molar-refractivity contribution >= 4 is 15.7 Å². The third-order valence-corrected chi connectivity index (χ3v) is 6.40. The van der Waals surface area contributed by atoms with E-state index in [4.69, 9.17) is 0 Å². The summed E-state index contributed by atoms with van der Waals surface area (Å²) < 4.78 is 26.6. The van der Waals surface area contributed by atoms with Crippen LogP contribution in [-0.2, 0) is 16.4 Å². The lowest BCUT2D eigenvalue weighted by Gasteiger charge is -2.11. The van der Waals surface area contributed by atoms with Gasteiger partial charge in [-0.25, -0.2) is 18.1 Å². The Morgan fingerprint density at radius 2 is 1.90 bits per heavy atom. The van der Waals surface area contributed by atoms with Gasteiger partial charge in [-0.05, 0) is 50.1 Å². The molecule has 0 aliphatic heterocycles. The van der Waals surface area contributed by atoms with Crippen molar-refractivity contribution in [3.05, 3.63) is 71.2 Å². The Morgan fingerprint density at radius 3 is 2.52 bits per heavy atom. The van der Waals surface area contributed by atoms with E-state index in [9.17, 15) is 13.2 Å². The summed E-state index contributed by atoms with van der Waals surface area (Å²) >= 11 is 0. The topological polar surface area (TPSA) is 94.0 Å². The SMILES string of the molecule is CCCS(=O)(=O)c1ccccc1C(=O)NCc1ccc(-n2nc(C)cc2C)nc1. The molecule has 8 heteroatoms. The standard InChI is InChI=1S/C21H24N4O3S/c1-4-11-29(27,28)19-8-6-5-7-18(19)21(26)23-14-17-9-10-20(22-13-17)25-16(3)12-15(2)24-25/h5-10,12-13H,4,11,14H2,1-3H3,(H,23,26). The largest absolute Gasteiger partial charge is 0.348 e. The predicted molar refractivity (Wildman–Crippen MR) is 111 cm³/mol. The third-order valence-electron chi connectivity index (χ3n) is 4.43. The number of aryl methyl sites for hydroxylation is 2. The van der Waals surface area contributed by atoms with Crippen LogP contribution < -0.4 is 5.32 Å². The molecule has 7 nitrogen and oxygen atoms in total. The Kier molecular flexibility index (Phi) is 6.12. The lowest BCUT2D eigenvalue weighted by molar-refractivity contribution is 0.0947. The summed E-state index contributed by atoms with van der Waals surface area (Å²) in [4.78, 5) is 17.1. The van der Waals surface area contributed by atoms with Gasteiger partial charge in [0.05, 0.1) is 21.9 Å². The monoisotopic (exact) mass is 412 g/mol. The molecule has 0 atom stereocenters. The molecule has 0 aliphatic rings. The zero-order valence-electron chi connectivity index (χ0n) is 16.7. The molecule has 152 valence electrons. The highest BCUT2D eigenvalue weighted by Gasteiger charge is 2.21. The summed E-state index contributed by atoms with van der Waals surface area (Å²) in [6.45, 7) is 5.92. The van der Waals surface area contributed by atoms with Crippen LogP contribution in [0.1, 0.15) is 40.7 Å². The zero-order chi connectivity index (χ0) is 21.0. The van der Waals surface area contributed by atoms with E-state index in [1.165, 1.54) is 12.1 Å². The van der Waals surface area contributed by atoms with Gasteiger partial charge < -0.3 is 5.32 Å². The van der Waals surface area contributed by atoms with E-state index < -0.39 is 15.7 Å². The maximum absolute atomic E-state index is 12.6. The van der Waals surface area contributed by atoms with Crippen LogP contribution in [0.2, 0.25) is 0 Å². The summed E-state index contributed by atoms with van der Waals surface area (Å²) in [5.41, 5.74) is 2.86. The van der Waals surface area contributed by atoms with Gasteiger partial charge >= 0.3 is 0 Å². The van der Waals surface area contributed by atoms with E-state index in [0.717, 1.165) is 17.0 Å². The number of carbonyl (C=O) groups excluding carboxylic acids is 1. The maximum atomic E-state index is 12.6. The van der Waals surface area contributed by atoms with Gasteiger partial charge in [0.15, 0.2) is 15.7 Å². The first-order chi connectivity index (χ1) is 13.8. The molecule has 0 aliphatic carbocycles. The second-order valence-corrected chi connectivity index (χ2v) is 8.94. The number of sulfone groups is 1. The highest BCUT2D eigenvalue weighted by molar-refractivity contribution is 7.91. The fourth-order valence-electron chi connectivity index (χ4n) is 3.09. The first-order valence-corrected chi connectivity index (χ1v) is 11.1. The van der Waals surface area contributed by atoms with Gasteiger partial charge in [0, 0.05) is 18.4 Å². The van der Waals surface area contributed by atoms with Crippen molar-refractivity contribution in [2.75, 3.05) is 5.75 Å². The smallest absolute Gasteiger partial charge is 0.252 e. The van der Waals surface area contributed by atoms with Crippen LogP contribution in [0.25, 0.3) is 5.82 Å². The van der Waals surface area contributed by atoms with Crippen molar-refractivity contribution in [3.63, 3.8) is 0 Å². The normalized spacial score (nSPS) is 11.4. The number of pyridine rings is 1. The fourth-order valence-corrected chi connectivity index (χ4v) is 4.63. The summed E-state index contributed by atoms with van der Waals surface area (Å²) in [6.07, 6.45) is 2.16. The zero-order valence-corrected chi connectivity index (χ0v) is 17.5. The van der Waals surface area contributed by atoms with Crippen LogP contribution in [0.3, 0.4) is 0 Å². The van der Waals surface area contributed by atoms with Crippen LogP contribution in [0, 0.1) is 13.8 Å². The first-order valence-electron chi connectivity index (χ1n) is 9.40. The van der Waals surface area contributed by atoms with Crippen molar-refractivity contribution < 1.29 is 13.2 Å². The molecule has 0 spiro atoms. The number of rotatable bonds is 7. The molecular formula is C21H24N4O3S. The molecule has 1 aromatic carbocycles. The quantitative estimate of drug-likeness (QED) is 0.644. The van der Waals surface area contributed by atoms with E-state index in [0.29, 0.717) is 12.2 Å². The molecule has 0 radical (unpaired) electrons. The minimum Gasteiger partial charge on any atom is -0.348 e. The molecule has 0 bridgehead atoms. The van der Waals surface area contributed by atoms with E-state index in [2.05, 4.69) is 15.4 Å². The summed E-state index contributed by atoms with van der Waals surface area (Å²) in [6, 6.07) is 12.0. The molecule has 2 heterocycles. The highest BCUT2D eigenvalue weighted by Crippen LogP contribution is 2.18. The molecular weight excluding hydrogens is 388 g/mol. The second-order valence-electron chi connectivity index (χ2n) is 6.86. The average Bonchev–Trinajstić information content (AvgIpc) is 3.04. The van der Waals surface area contributed by atoms with Crippen molar-refractivity contribution in [1.82, 2.24) is 20.1 Å². The minimum absolute atomic E-state index is 0.00892. The van der Waals surface area contributed by atoms with Crippen LogP contribution in [0.15, 0.2) is 53.6 Å². The average molecular weight is 413 g/mol. The fraction of sp³-hybridized carbons (Fsp3) is 0.286. The Morgan fingerprint density at radius 1 is 1.14 bits per heavy atom. The van der Waals surface area contributed by atoms with E-state index in [1.807, 2.05) is 32.0 Å². The van der Waals surface area contributed by atoms with E-state index in [-0.39, 0.29) is 22.8 Å². The number of nitrogens with zero attached hydrogens (tertiary/aromatic N) is 3. The maximum Gasteiger partial charge on any atom is 0.252 e. The number of hydrogen-bond donors (Lipinski definition) is 1. The molecule has 29 heavy (non-hydrogen) atoms. The molecule has 1 amide bonds. The number of aromatic nitrogens is 3. The van der Waals surface area contributed by atoms with E-state index in [1.54, 1.807) is 29.9 Å². The number of carbonyl (C=O) groups is 1. The second kappa shape index (κ2) is 8.57. The third kappa shape index (κ3) is 4.71. The molecule has 0 saturated carbocycles. The van der Waals surface area contributed by atoms with Gasteiger partial charge in [0.1, 0.15) is 0 Å². The van der Waals surface area contributed by atoms with Crippen LogP contribution >= 0.6 is 0 Å². The first kappa shape index (κ1) is 20.7. The Bertz CT molecular complexity index is 1120. The molecule has 0 unspecified atom stereocenters. The summed E-state index contributed by atoms with van der Waals surface area (Å²) in [7, 11) is -3.49. The number of hydrogen-bond acceptors (Lipinski definition) is 5. The number of amides is 1. The Labute approximate surface area is 170 Å². The summed E-state index contributed by atoms with van der Waals surface area (Å²) in [5.74, 6) is 0.277. The van der Waals surface area contributed by atoms with Gasteiger partial charge in [-0.15, -0.1) is 0 Å². The number of benzene rings is 1. The van der Waals surface area contributed by atoms with Gasteiger partial charge in [-0.1, -0.05) is 25.1 Å². The van der Waals surface area contributed by atoms with Crippen LogP contribution in [0.5, 0.6) is 0 Å². The minimum atomic E-state index is -3.49. The molecule has 3 aromatic rings. The van der Waals surface area contributed by atoms with Gasteiger partial charge in [-0.3, -0.25) is 4.79 Å². The summed E-state index contributed by atoms with van der Waals surface area (Å²) in [5, 5.41) is 7.18. The predicted octanol–water partition coefficient (Wildman–Crippen LogP) is 3.00. The van der Waals surface area contributed by atoms with Crippen LogP contribution in [-0.4, -0.2) is 34.8 Å². The molecule has 1 N–H and O–H groups in total. The highest BCUT2D eigenvalue weighted by atomic mass is 32.2. The number of nitrogens with one attached hydrogen (secondary N) is 1. The van der Waals surface area contributed by atoms with Crippen molar-refractivity contribution in [2.24, 2.45) is 0 Å².